The molecule has 2 amide bonds. The molecule has 124 valence electrons. The number of ether oxygens (including phenoxy) is 1. The van der Waals surface area contributed by atoms with Gasteiger partial charge < -0.3 is 15.0 Å². The molecule has 1 heterocycles. The lowest BCUT2D eigenvalue weighted by Crippen LogP contribution is -2.33. The largest absolute Gasteiger partial charge is 0.484 e. The van der Waals surface area contributed by atoms with Gasteiger partial charge >= 0.3 is 0 Å². The summed E-state index contributed by atoms with van der Waals surface area (Å²) in [7, 11) is 1.55. The topological polar surface area (TPSA) is 58.6 Å². The average Bonchev–Trinajstić information content (AvgIpc) is 3.02. The number of rotatable bonds is 4. The number of nitrogens with one attached hydrogen (secondary N) is 1. The third-order valence-electron chi connectivity index (χ3n) is 3.92. The second-order valence-electron chi connectivity index (χ2n) is 5.46. The van der Waals surface area contributed by atoms with E-state index in [2.05, 4.69) is 5.32 Å². The minimum atomic E-state index is -0.301. The molecule has 2 aromatic carbocycles. The van der Waals surface area contributed by atoms with Gasteiger partial charge in [-0.3, -0.25) is 9.59 Å². The highest BCUT2D eigenvalue weighted by Crippen LogP contribution is 2.28. The zero-order valence-corrected chi connectivity index (χ0v) is 13.2. The second kappa shape index (κ2) is 6.70. The number of amides is 2. The first-order valence-corrected chi connectivity index (χ1v) is 7.62. The maximum atomic E-state index is 13.2. The van der Waals surface area contributed by atoms with Crippen molar-refractivity contribution in [3.05, 3.63) is 59.4 Å². The van der Waals surface area contributed by atoms with Gasteiger partial charge in [0.15, 0.2) is 6.61 Å². The maximum absolute atomic E-state index is 13.2. The molecule has 1 N–H and O–H groups in total. The van der Waals surface area contributed by atoms with Crippen LogP contribution in [0.2, 0.25) is 0 Å². The Labute approximate surface area is 139 Å². The number of carbonyl (C=O) groups excluding carboxylic acids is 2. The van der Waals surface area contributed by atoms with Gasteiger partial charge in [0.1, 0.15) is 11.6 Å². The zero-order valence-electron chi connectivity index (χ0n) is 13.2. The molecule has 0 unspecified atom stereocenters. The summed E-state index contributed by atoms with van der Waals surface area (Å²) >= 11 is 0. The predicted octanol–water partition coefficient (Wildman–Crippen LogP) is 2.15. The van der Waals surface area contributed by atoms with Crippen LogP contribution in [-0.2, 0) is 11.2 Å². The van der Waals surface area contributed by atoms with Gasteiger partial charge in [-0.25, -0.2) is 4.39 Å². The Morgan fingerprint density at radius 2 is 2.08 bits per heavy atom. The van der Waals surface area contributed by atoms with E-state index in [1.807, 2.05) is 0 Å². The molecular formula is C18H17FN2O3. The fourth-order valence-electron chi connectivity index (χ4n) is 2.72. The molecule has 0 spiro atoms. The number of hydrogen-bond acceptors (Lipinski definition) is 3. The van der Waals surface area contributed by atoms with Crippen LogP contribution in [0.15, 0.2) is 42.5 Å². The fourth-order valence-corrected chi connectivity index (χ4v) is 2.72. The highest BCUT2D eigenvalue weighted by atomic mass is 19.1. The Morgan fingerprint density at radius 1 is 1.25 bits per heavy atom. The Morgan fingerprint density at radius 3 is 2.88 bits per heavy atom. The third-order valence-corrected chi connectivity index (χ3v) is 3.92. The Balaban J connectivity index is 1.66. The molecule has 0 fully saturated rings. The smallest absolute Gasteiger partial charge is 0.264 e. The van der Waals surface area contributed by atoms with E-state index in [0.29, 0.717) is 24.3 Å². The summed E-state index contributed by atoms with van der Waals surface area (Å²) in [6.45, 7) is 0.368. The first kappa shape index (κ1) is 16.0. The molecule has 0 saturated carbocycles. The molecule has 1 aliphatic heterocycles. The van der Waals surface area contributed by atoms with Crippen molar-refractivity contribution in [1.82, 2.24) is 5.32 Å². The number of hydrogen-bond donors (Lipinski definition) is 1. The van der Waals surface area contributed by atoms with Crippen LogP contribution in [0, 0.1) is 5.82 Å². The lowest BCUT2D eigenvalue weighted by molar-refractivity contribution is -0.120. The number of carbonyl (C=O) groups is 2. The van der Waals surface area contributed by atoms with Gasteiger partial charge in [0.2, 0.25) is 0 Å². The monoisotopic (exact) mass is 328 g/mol. The van der Waals surface area contributed by atoms with Crippen molar-refractivity contribution in [3.8, 4) is 5.75 Å². The van der Waals surface area contributed by atoms with Gasteiger partial charge in [-0.05, 0) is 48.4 Å². The average molecular weight is 328 g/mol. The van der Waals surface area contributed by atoms with Gasteiger partial charge in [-0.1, -0.05) is 6.07 Å². The molecule has 2 aromatic rings. The van der Waals surface area contributed by atoms with Crippen LogP contribution < -0.4 is 15.0 Å². The van der Waals surface area contributed by atoms with Crippen LogP contribution in [-0.4, -0.2) is 32.0 Å². The fraction of sp³-hybridized carbons (Fsp3) is 0.222. The van der Waals surface area contributed by atoms with Crippen molar-refractivity contribution < 1.29 is 18.7 Å². The summed E-state index contributed by atoms with van der Waals surface area (Å²) in [6.07, 6.45) is 0.630. The summed E-state index contributed by atoms with van der Waals surface area (Å²) in [4.78, 5) is 25.6. The van der Waals surface area contributed by atoms with E-state index in [0.717, 1.165) is 11.3 Å². The number of benzene rings is 2. The highest BCUT2D eigenvalue weighted by molar-refractivity contribution is 5.96. The second-order valence-corrected chi connectivity index (χ2v) is 5.46. The SMILES string of the molecule is CNC(=O)c1cccc(OCC(=O)N2CCc3cc(F)ccc32)c1. The Kier molecular flexibility index (Phi) is 4.46. The first-order valence-electron chi connectivity index (χ1n) is 7.62. The van der Waals surface area contributed by atoms with Gasteiger partial charge in [-0.2, -0.15) is 0 Å². The van der Waals surface area contributed by atoms with Crippen molar-refractivity contribution in [1.29, 1.82) is 0 Å². The third kappa shape index (κ3) is 3.22. The molecule has 0 aromatic heterocycles. The molecule has 0 aliphatic carbocycles. The number of fused-ring (bicyclic) bond motifs is 1. The van der Waals surface area contributed by atoms with E-state index < -0.39 is 0 Å². The van der Waals surface area contributed by atoms with Gasteiger partial charge in [0.05, 0.1) is 0 Å². The normalized spacial score (nSPS) is 12.7. The molecule has 0 bridgehead atoms. The van der Waals surface area contributed by atoms with Crippen LogP contribution in [0.4, 0.5) is 10.1 Å². The van der Waals surface area contributed by atoms with E-state index in [-0.39, 0.29) is 24.2 Å². The van der Waals surface area contributed by atoms with Crippen molar-refractivity contribution in [2.24, 2.45) is 0 Å². The molecule has 0 atom stereocenters. The minimum Gasteiger partial charge on any atom is -0.484 e. The van der Waals surface area contributed by atoms with E-state index in [1.165, 1.54) is 12.1 Å². The summed E-state index contributed by atoms with van der Waals surface area (Å²) in [5, 5.41) is 2.53. The van der Waals surface area contributed by atoms with E-state index in [1.54, 1.807) is 42.3 Å². The maximum Gasteiger partial charge on any atom is 0.264 e. The molecule has 24 heavy (non-hydrogen) atoms. The molecule has 1 aliphatic rings. The zero-order chi connectivity index (χ0) is 17.1. The van der Waals surface area contributed by atoms with Crippen LogP contribution >= 0.6 is 0 Å². The van der Waals surface area contributed by atoms with Gasteiger partial charge in [0, 0.05) is 24.8 Å². The van der Waals surface area contributed by atoms with Crippen LogP contribution in [0.25, 0.3) is 0 Å². The summed E-state index contributed by atoms with van der Waals surface area (Å²) in [6, 6.07) is 11.0. The van der Waals surface area contributed by atoms with E-state index >= 15 is 0 Å². The molecule has 0 saturated heterocycles. The van der Waals surface area contributed by atoms with E-state index in [4.69, 9.17) is 4.74 Å². The van der Waals surface area contributed by atoms with Crippen LogP contribution in [0.5, 0.6) is 5.75 Å². The number of halogens is 1. The predicted molar refractivity (Wildman–Crippen MR) is 87.8 cm³/mol. The van der Waals surface area contributed by atoms with Crippen molar-refractivity contribution in [3.63, 3.8) is 0 Å². The quantitative estimate of drug-likeness (QED) is 0.936. The minimum absolute atomic E-state index is 0.145. The number of nitrogens with zero attached hydrogens (tertiary/aromatic N) is 1. The van der Waals surface area contributed by atoms with Crippen molar-refractivity contribution in [2.45, 2.75) is 6.42 Å². The summed E-state index contributed by atoms with van der Waals surface area (Å²) < 4.78 is 18.7. The summed E-state index contributed by atoms with van der Waals surface area (Å²) in [5.41, 5.74) is 2.01. The summed E-state index contributed by atoms with van der Waals surface area (Å²) in [5.74, 6) is -0.277. The van der Waals surface area contributed by atoms with Gasteiger partial charge in [0.25, 0.3) is 11.8 Å². The molecule has 5 nitrogen and oxygen atoms in total. The Bertz CT molecular complexity index is 792. The number of anilines is 1. The lowest BCUT2D eigenvalue weighted by atomic mass is 10.2. The van der Waals surface area contributed by atoms with E-state index in [9.17, 15) is 14.0 Å². The van der Waals surface area contributed by atoms with Crippen LogP contribution in [0.3, 0.4) is 0 Å². The lowest BCUT2D eigenvalue weighted by Gasteiger charge is -2.17. The van der Waals surface area contributed by atoms with Crippen molar-refractivity contribution >= 4 is 17.5 Å². The molecular weight excluding hydrogens is 311 g/mol. The highest BCUT2D eigenvalue weighted by Gasteiger charge is 2.25. The van der Waals surface area contributed by atoms with Crippen LogP contribution in [0.1, 0.15) is 15.9 Å². The first-order chi connectivity index (χ1) is 11.6. The Hall–Kier alpha value is -2.89. The van der Waals surface area contributed by atoms with Crippen molar-refractivity contribution in [2.75, 3.05) is 25.1 Å². The standard InChI is InChI=1S/C18H17FN2O3/c1-20-18(23)13-3-2-4-15(10-13)24-11-17(22)21-8-7-12-9-14(19)5-6-16(12)21/h2-6,9-10H,7-8,11H2,1H3,(H,20,23). The molecule has 3 rings (SSSR count). The van der Waals surface area contributed by atoms with Gasteiger partial charge in [-0.15, -0.1) is 0 Å². The molecule has 0 radical (unpaired) electrons. The molecule has 6 heteroatoms.